The van der Waals surface area contributed by atoms with Gasteiger partial charge in [-0.25, -0.2) is 0 Å². The molecule has 3 fully saturated rings. The van der Waals surface area contributed by atoms with Crippen LogP contribution in [0.5, 0.6) is 0 Å². The van der Waals surface area contributed by atoms with Crippen molar-refractivity contribution in [3.8, 4) is 0 Å². The van der Waals surface area contributed by atoms with Crippen LogP contribution < -0.4 is 15.5 Å². The minimum Gasteiger partial charge on any atom is -0.481 e. The Morgan fingerprint density at radius 3 is 2.33 bits per heavy atom. The normalized spacial score (nSPS) is 18.9. The van der Waals surface area contributed by atoms with Gasteiger partial charge in [0.25, 0.3) is 5.91 Å². The number of thiophene rings is 1. The Balaban J connectivity index is 1.35. The maximum absolute atomic E-state index is 13.3. The molecule has 1 aromatic heterocycles. The number of nitrogens with zero attached hydrogens (tertiary/aromatic N) is 2. The van der Waals surface area contributed by atoms with Crippen LogP contribution in [0, 0.1) is 11.8 Å². The number of carboxylic acids is 1. The Labute approximate surface area is 232 Å². The molecule has 1 unspecified atom stereocenters. The molecule has 0 bridgehead atoms. The van der Waals surface area contributed by atoms with Crippen LogP contribution in [0.3, 0.4) is 0 Å². The summed E-state index contributed by atoms with van der Waals surface area (Å²) in [6, 6.07) is 8.25. The van der Waals surface area contributed by atoms with Crippen molar-refractivity contribution in [2.24, 2.45) is 11.8 Å². The van der Waals surface area contributed by atoms with Gasteiger partial charge in [-0.15, -0.1) is 11.3 Å². The first kappa shape index (κ1) is 27.2. The molecule has 2 saturated carbocycles. The highest BCUT2D eigenvalue weighted by atomic mass is 32.1. The Morgan fingerprint density at radius 2 is 1.69 bits per heavy atom. The molecule has 1 saturated heterocycles. The number of rotatable bonds is 9. The van der Waals surface area contributed by atoms with E-state index in [-0.39, 0.29) is 30.1 Å². The zero-order valence-corrected chi connectivity index (χ0v) is 22.9. The van der Waals surface area contributed by atoms with E-state index in [1.54, 1.807) is 12.1 Å². The smallest absolute Gasteiger partial charge is 0.305 e. The second-order valence-corrected chi connectivity index (χ2v) is 11.8. The van der Waals surface area contributed by atoms with Crippen molar-refractivity contribution in [2.75, 3.05) is 36.4 Å². The minimum atomic E-state index is -0.996. The third-order valence-corrected chi connectivity index (χ3v) is 8.91. The summed E-state index contributed by atoms with van der Waals surface area (Å²) >= 11 is 1.40. The fourth-order valence-electron chi connectivity index (χ4n) is 5.54. The minimum absolute atomic E-state index is 0.0293. The number of carboxylic acid groups (broad SMARTS) is 1. The van der Waals surface area contributed by atoms with Crippen molar-refractivity contribution in [1.29, 1.82) is 0 Å². The molecule has 3 N–H and O–H groups in total. The van der Waals surface area contributed by atoms with E-state index >= 15 is 0 Å². The van der Waals surface area contributed by atoms with Crippen LogP contribution >= 0.6 is 11.3 Å². The molecule has 5 rings (SSSR count). The second-order valence-electron chi connectivity index (χ2n) is 10.8. The molecule has 0 radical (unpaired) electrons. The first-order chi connectivity index (χ1) is 18.9. The zero-order valence-electron chi connectivity index (χ0n) is 22.1. The SMILES string of the molecule is O=C(O)CC(NC(=O)c1ccc(N2CCN(C(=O)C3CC3)CC2)c(NC(=O)C2CCCCC2)c1)c1cccs1. The van der Waals surface area contributed by atoms with Crippen molar-refractivity contribution in [2.45, 2.75) is 57.4 Å². The van der Waals surface area contributed by atoms with Gasteiger partial charge in [-0.3, -0.25) is 19.2 Å². The van der Waals surface area contributed by atoms with Gasteiger partial charge in [0.2, 0.25) is 11.8 Å². The van der Waals surface area contributed by atoms with Gasteiger partial charge in [0, 0.05) is 48.5 Å². The number of piperazine rings is 1. The van der Waals surface area contributed by atoms with E-state index in [1.807, 2.05) is 28.5 Å². The number of carbonyl (C=O) groups is 4. The number of benzene rings is 1. The summed E-state index contributed by atoms with van der Waals surface area (Å²) in [5, 5.41) is 17.2. The maximum Gasteiger partial charge on any atom is 0.305 e. The molecular formula is C29H36N4O5S. The second kappa shape index (κ2) is 12.2. The fraction of sp³-hybridized carbons (Fsp3) is 0.517. The van der Waals surface area contributed by atoms with Crippen LogP contribution in [0.25, 0.3) is 0 Å². The molecule has 10 heteroatoms. The Morgan fingerprint density at radius 1 is 0.949 bits per heavy atom. The molecule has 2 aromatic rings. The molecular weight excluding hydrogens is 516 g/mol. The molecule has 208 valence electrons. The number of nitrogens with one attached hydrogen (secondary N) is 2. The van der Waals surface area contributed by atoms with Crippen molar-refractivity contribution in [3.63, 3.8) is 0 Å². The van der Waals surface area contributed by atoms with Gasteiger partial charge in [-0.2, -0.15) is 0 Å². The predicted molar refractivity (Wildman–Crippen MR) is 150 cm³/mol. The molecule has 9 nitrogen and oxygen atoms in total. The molecule has 1 aromatic carbocycles. The van der Waals surface area contributed by atoms with Crippen molar-refractivity contribution < 1.29 is 24.3 Å². The first-order valence-electron chi connectivity index (χ1n) is 13.9. The third-order valence-electron chi connectivity index (χ3n) is 7.92. The average molecular weight is 553 g/mol. The van der Waals surface area contributed by atoms with Crippen LogP contribution in [0.1, 0.15) is 72.6 Å². The van der Waals surface area contributed by atoms with E-state index in [9.17, 15) is 24.3 Å². The highest BCUT2D eigenvalue weighted by molar-refractivity contribution is 7.10. The topological polar surface area (TPSA) is 119 Å². The molecule has 0 spiro atoms. The highest BCUT2D eigenvalue weighted by Gasteiger charge is 2.35. The van der Waals surface area contributed by atoms with Crippen LogP contribution in [-0.2, 0) is 14.4 Å². The summed E-state index contributed by atoms with van der Waals surface area (Å²) in [6.45, 7) is 2.56. The van der Waals surface area contributed by atoms with Gasteiger partial charge in [0.15, 0.2) is 0 Å². The number of amides is 3. The summed E-state index contributed by atoms with van der Waals surface area (Å²) in [5.41, 5.74) is 1.76. The number of carbonyl (C=O) groups excluding carboxylic acids is 3. The molecule has 2 aliphatic carbocycles. The molecule has 39 heavy (non-hydrogen) atoms. The predicted octanol–water partition coefficient (Wildman–Crippen LogP) is 4.27. The molecule has 2 heterocycles. The van der Waals surface area contributed by atoms with Gasteiger partial charge < -0.3 is 25.5 Å². The first-order valence-corrected chi connectivity index (χ1v) is 14.8. The molecule has 3 aliphatic rings. The van der Waals surface area contributed by atoms with Gasteiger partial charge in [0.05, 0.1) is 23.8 Å². The Bertz CT molecular complexity index is 1200. The number of hydrogen-bond acceptors (Lipinski definition) is 6. The summed E-state index contributed by atoms with van der Waals surface area (Å²) in [4.78, 5) is 55.3. The van der Waals surface area contributed by atoms with Gasteiger partial charge in [0.1, 0.15) is 0 Å². The van der Waals surface area contributed by atoms with Crippen LogP contribution in [-0.4, -0.2) is 59.9 Å². The van der Waals surface area contributed by atoms with E-state index < -0.39 is 17.9 Å². The van der Waals surface area contributed by atoms with E-state index in [0.29, 0.717) is 37.4 Å². The fourth-order valence-corrected chi connectivity index (χ4v) is 6.32. The van der Waals surface area contributed by atoms with Crippen LogP contribution in [0.2, 0.25) is 0 Å². The van der Waals surface area contributed by atoms with Crippen molar-refractivity contribution >= 4 is 46.4 Å². The quantitative estimate of drug-likeness (QED) is 0.428. The lowest BCUT2D eigenvalue weighted by Gasteiger charge is -2.37. The standard InChI is InChI=1S/C29H36N4O5S/c34-26(35)18-23(25-7-4-16-39-25)31-28(37)21-10-11-24(22(17-21)30-27(36)19-5-2-1-3-6-19)32-12-14-33(15-13-32)29(38)20-8-9-20/h4,7,10-11,16-17,19-20,23H,1-3,5-6,8-9,12-15,18H2,(H,30,36)(H,31,37)(H,34,35). The lowest BCUT2D eigenvalue weighted by Crippen LogP contribution is -2.49. The average Bonchev–Trinajstić information content (AvgIpc) is 3.65. The highest BCUT2D eigenvalue weighted by Crippen LogP contribution is 2.34. The van der Waals surface area contributed by atoms with Crippen LogP contribution in [0.4, 0.5) is 11.4 Å². The maximum atomic E-state index is 13.3. The molecule has 3 amide bonds. The summed E-state index contributed by atoms with van der Waals surface area (Å²) in [6.07, 6.45) is 6.70. The number of hydrogen-bond donors (Lipinski definition) is 3. The van der Waals surface area contributed by atoms with Gasteiger partial charge in [-0.05, 0) is 55.3 Å². The van der Waals surface area contributed by atoms with Crippen molar-refractivity contribution in [3.05, 3.63) is 46.2 Å². The summed E-state index contributed by atoms with van der Waals surface area (Å²) in [7, 11) is 0. The lowest BCUT2D eigenvalue weighted by atomic mass is 9.88. The van der Waals surface area contributed by atoms with E-state index in [0.717, 1.165) is 55.5 Å². The number of aliphatic carboxylic acids is 1. The Kier molecular flexibility index (Phi) is 8.50. The van der Waals surface area contributed by atoms with E-state index in [2.05, 4.69) is 15.5 Å². The largest absolute Gasteiger partial charge is 0.481 e. The van der Waals surface area contributed by atoms with Crippen LogP contribution in [0.15, 0.2) is 35.7 Å². The number of anilines is 2. The summed E-state index contributed by atoms with van der Waals surface area (Å²) < 4.78 is 0. The van der Waals surface area contributed by atoms with E-state index in [1.165, 1.54) is 11.3 Å². The molecule has 1 aliphatic heterocycles. The zero-order chi connectivity index (χ0) is 27.4. The Hall–Kier alpha value is -3.40. The van der Waals surface area contributed by atoms with Gasteiger partial charge >= 0.3 is 5.97 Å². The van der Waals surface area contributed by atoms with Crippen molar-refractivity contribution in [1.82, 2.24) is 10.2 Å². The lowest BCUT2D eigenvalue weighted by molar-refractivity contribution is -0.137. The summed E-state index contributed by atoms with van der Waals surface area (Å²) in [5.74, 6) is -1.03. The third kappa shape index (κ3) is 6.79. The molecule has 1 atom stereocenters. The van der Waals surface area contributed by atoms with Gasteiger partial charge in [-0.1, -0.05) is 25.3 Å². The van der Waals surface area contributed by atoms with E-state index in [4.69, 9.17) is 0 Å². The monoisotopic (exact) mass is 552 g/mol.